The Morgan fingerprint density at radius 2 is 2.03 bits per heavy atom. The summed E-state index contributed by atoms with van der Waals surface area (Å²) in [5.74, 6) is 0.605. The van der Waals surface area contributed by atoms with E-state index in [1.54, 1.807) is 18.3 Å². The number of nitrogens with one attached hydrogen (secondary N) is 2. The Labute approximate surface area is 181 Å². The van der Waals surface area contributed by atoms with Crippen LogP contribution in [0.5, 0.6) is 0 Å². The van der Waals surface area contributed by atoms with Crippen LogP contribution in [0, 0.1) is 25.6 Å². The van der Waals surface area contributed by atoms with Gasteiger partial charge in [0, 0.05) is 35.1 Å². The lowest BCUT2D eigenvalue weighted by atomic mass is 10.00. The van der Waals surface area contributed by atoms with Crippen molar-refractivity contribution < 1.29 is 9.18 Å². The van der Waals surface area contributed by atoms with E-state index in [2.05, 4.69) is 34.6 Å². The molecule has 1 aromatic carbocycles. The number of carbonyl (C=O) groups excluding carboxylic acids is 1. The second kappa shape index (κ2) is 7.98. The zero-order valence-corrected chi connectivity index (χ0v) is 18.4. The van der Waals surface area contributed by atoms with E-state index < -0.39 is 0 Å². The van der Waals surface area contributed by atoms with E-state index in [9.17, 15) is 9.18 Å². The summed E-state index contributed by atoms with van der Waals surface area (Å²) in [5.41, 5.74) is 5.26. The van der Waals surface area contributed by atoms with Gasteiger partial charge in [-0.25, -0.2) is 4.39 Å². The van der Waals surface area contributed by atoms with Crippen molar-refractivity contribution in [1.82, 2.24) is 14.8 Å². The summed E-state index contributed by atoms with van der Waals surface area (Å²) < 4.78 is 16.4. The predicted octanol–water partition coefficient (Wildman–Crippen LogP) is 5.15. The lowest BCUT2D eigenvalue weighted by Gasteiger charge is -2.10. The quantitative estimate of drug-likeness (QED) is 0.561. The average Bonchev–Trinajstić information content (AvgIpc) is 3.19. The third kappa shape index (κ3) is 3.95. The summed E-state index contributed by atoms with van der Waals surface area (Å²) in [6.45, 7) is 10.8. The zero-order chi connectivity index (χ0) is 22.3. The Balaban J connectivity index is 1.72. The van der Waals surface area contributed by atoms with Crippen molar-refractivity contribution in [3.8, 4) is 11.3 Å². The molecule has 0 saturated carbocycles. The Morgan fingerprint density at radius 3 is 2.74 bits per heavy atom. The first-order valence-electron chi connectivity index (χ1n) is 10.3. The highest BCUT2D eigenvalue weighted by atomic mass is 19.1. The molecule has 2 N–H and O–H groups in total. The van der Waals surface area contributed by atoms with Crippen LogP contribution in [0.15, 0.2) is 42.2 Å². The van der Waals surface area contributed by atoms with E-state index in [1.165, 1.54) is 6.07 Å². The first-order valence-corrected chi connectivity index (χ1v) is 10.3. The fourth-order valence-corrected chi connectivity index (χ4v) is 3.89. The number of nitrogens with zero attached hydrogens (tertiary/aromatic N) is 3. The molecular weight excluding hydrogens is 393 g/mol. The molecule has 0 unspecified atom stereocenters. The van der Waals surface area contributed by atoms with Gasteiger partial charge in [0.1, 0.15) is 5.82 Å². The normalized spacial score (nSPS) is 14.6. The SMILES string of the molecule is C/C(Nc1cc(C)n(CC(C)C)n1)=C1/C(=O)Nc2cnc(-c3c(C)cccc3F)cc21. The number of benzene rings is 1. The molecule has 1 aliphatic heterocycles. The molecule has 0 radical (unpaired) electrons. The van der Waals surface area contributed by atoms with Gasteiger partial charge in [-0.15, -0.1) is 0 Å². The van der Waals surface area contributed by atoms with E-state index in [1.807, 2.05) is 37.6 Å². The number of allylic oxidation sites excluding steroid dienone is 1. The van der Waals surface area contributed by atoms with Gasteiger partial charge >= 0.3 is 0 Å². The number of fused-ring (bicyclic) bond motifs is 1. The van der Waals surface area contributed by atoms with Crippen LogP contribution in [0.2, 0.25) is 0 Å². The van der Waals surface area contributed by atoms with Crippen LogP contribution in [-0.2, 0) is 11.3 Å². The van der Waals surface area contributed by atoms with E-state index >= 15 is 0 Å². The molecule has 1 aliphatic rings. The lowest BCUT2D eigenvalue weighted by molar-refractivity contribution is -0.110. The molecule has 160 valence electrons. The monoisotopic (exact) mass is 419 g/mol. The number of pyridine rings is 1. The second-order valence-electron chi connectivity index (χ2n) is 8.37. The summed E-state index contributed by atoms with van der Waals surface area (Å²) >= 11 is 0. The number of halogens is 1. The molecule has 0 saturated heterocycles. The van der Waals surface area contributed by atoms with Gasteiger partial charge in [-0.05, 0) is 44.4 Å². The number of aryl methyl sites for hydroxylation is 2. The summed E-state index contributed by atoms with van der Waals surface area (Å²) in [4.78, 5) is 17.1. The number of rotatable bonds is 5. The van der Waals surface area contributed by atoms with E-state index in [0.717, 1.165) is 17.8 Å². The van der Waals surface area contributed by atoms with Crippen molar-refractivity contribution in [2.45, 2.75) is 41.2 Å². The van der Waals surface area contributed by atoms with Gasteiger partial charge in [0.05, 0.1) is 23.2 Å². The topological polar surface area (TPSA) is 71.8 Å². The molecule has 3 aromatic rings. The third-order valence-electron chi connectivity index (χ3n) is 5.34. The Hall–Kier alpha value is -3.48. The molecule has 0 spiro atoms. The Bertz CT molecular complexity index is 1190. The minimum atomic E-state index is -0.337. The van der Waals surface area contributed by atoms with Crippen LogP contribution >= 0.6 is 0 Å². The van der Waals surface area contributed by atoms with Crippen molar-refractivity contribution in [1.29, 1.82) is 0 Å². The number of hydrogen-bond donors (Lipinski definition) is 2. The van der Waals surface area contributed by atoms with Gasteiger partial charge < -0.3 is 10.6 Å². The third-order valence-corrected chi connectivity index (χ3v) is 5.34. The maximum absolute atomic E-state index is 14.5. The van der Waals surface area contributed by atoms with Gasteiger partial charge in [0.25, 0.3) is 5.91 Å². The minimum Gasteiger partial charge on any atom is -0.342 e. The lowest BCUT2D eigenvalue weighted by Crippen LogP contribution is -2.10. The van der Waals surface area contributed by atoms with Gasteiger partial charge in [-0.3, -0.25) is 14.5 Å². The molecule has 6 nitrogen and oxygen atoms in total. The molecule has 0 atom stereocenters. The Kier molecular flexibility index (Phi) is 5.35. The molecule has 2 aromatic heterocycles. The van der Waals surface area contributed by atoms with Crippen LogP contribution in [0.4, 0.5) is 15.9 Å². The van der Waals surface area contributed by atoms with Crippen molar-refractivity contribution in [3.63, 3.8) is 0 Å². The molecule has 31 heavy (non-hydrogen) atoms. The van der Waals surface area contributed by atoms with E-state index in [4.69, 9.17) is 0 Å². The van der Waals surface area contributed by atoms with E-state index in [0.29, 0.717) is 45.5 Å². The number of carbonyl (C=O) groups is 1. The number of amides is 1. The molecule has 0 fully saturated rings. The number of anilines is 2. The maximum atomic E-state index is 14.5. The van der Waals surface area contributed by atoms with Crippen LogP contribution in [0.25, 0.3) is 16.8 Å². The van der Waals surface area contributed by atoms with Crippen LogP contribution in [0.3, 0.4) is 0 Å². The molecule has 0 bridgehead atoms. The highest BCUT2D eigenvalue weighted by Crippen LogP contribution is 2.37. The standard InChI is InChI=1S/C24H26FN5O/c1-13(2)12-30-15(4)9-21(29-30)27-16(5)23-17-10-19(26-11-20(17)28-24(23)31)22-14(3)7-6-8-18(22)25/h6-11,13H,12H2,1-5H3,(H,27,29)(H,28,31)/b23-16-. The van der Waals surface area contributed by atoms with Crippen LogP contribution < -0.4 is 10.6 Å². The second-order valence-corrected chi connectivity index (χ2v) is 8.37. The largest absolute Gasteiger partial charge is 0.342 e. The molecule has 7 heteroatoms. The summed E-state index contributed by atoms with van der Waals surface area (Å²) in [7, 11) is 0. The Morgan fingerprint density at radius 1 is 1.26 bits per heavy atom. The maximum Gasteiger partial charge on any atom is 0.258 e. The number of hydrogen-bond acceptors (Lipinski definition) is 4. The van der Waals surface area contributed by atoms with Gasteiger partial charge in [0.15, 0.2) is 5.82 Å². The first-order chi connectivity index (χ1) is 14.7. The molecule has 0 aliphatic carbocycles. The fourth-order valence-electron chi connectivity index (χ4n) is 3.89. The van der Waals surface area contributed by atoms with Crippen LogP contribution in [0.1, 0.15) is 37.6 Å². The first kappa shape index (κ1) is 20.8. The fraction of sp³-hybridized carbons (Fsp3) is 0.292. The predicted molar refractivity (Wildman–Crippen MR) is 121 cm³/mol. The van der Waals surface area contributed by atoms with Crippen molar-refractivity contribution in [2.24, 2.45) is 5.92 Å². The van der Waals surface area contributed by atoms with Crippen molar-refractivity contribution in [2.75, 3.05) is 10.6 Å². The van der Waals surface area contributed by atoms with Gasteiger partial charge in [-0.2, -0.15) is 5.10 Å². The minimum absolute atomic E-state index is 0.220. The van der Waals surface area contributed by atoms with Gasteiger partial charge in [-0.1, -0.05) is 26.0 Å². The summed E-state index contributed by atoms with van der Waals surface area (Å²) in [6, 6.07) is 8.66. The zero-order valence-electron chi connectivity index (χ0n) is 18.4. The highest BCUT2D eigenvalue weighted by Gasteiger charge is 2.28. The summed E-state index contributed by atoms with van der Waals surface area (Å²) in [6.07, 6.45) is 1.58. The molecular formula is C24H26FN5O. The highest BCUT2D eigenvalue weighted by molar-refractivity contribution is 6.32. The average molecular weight is 420 g/mol. The smallest absolute Gasteiger partial charge is 0.258 e. The van der Waals surface area contributed by atoms with E-state index in [-0.39, 0.29) is 11.7 Å². The molecule has 1 amide bonds. The van der Waals surface area contributed by atoms with Crippen molar-refractivity contribution in [3.05, 3.63) is 64.9 Å². The van der Waals surface area contributed by atoms with Crippen molar-refractivity contribution >= 4 is 23.0 Å². The summed E-state index contributed by atoms with van der Waals surface area (Å²) in [5, 5.41) is 10.7. The number of aromatic nitrogens is 3. The van der Waals surface area contributed by atoms with Gasteiger partial charge in [0.2, 0.25) is 0 Å². The van der Waals surface area contributed by atoms with Crippen LogP contribution in [-0.4, -0.2) is 20.7 Å². The molecule has 4 rings (SSSR count). The molecule has 3 heterocycles.